The van der Waals surface area contributed by atoms with Crippen molar-refractivity contribution in [3.8, 4) is 0 Å². The van der Waals surface area contributed by atoms with Crippen molar-refractivity contribution < 1.29 is 0 Å². The summed E-state index contributed by atoms with van der Waals surface area (Å²) in [6.07, 6.45) is 12.4. The molecule has 0 bridgehead atoms. The zero-order valence-corrected chi connectivity index (χ0v) is 10.8. The molecule has 1 aliphatic heterocycles. The Kier molecular flexibility index (Phi) is 4.22. The van der Waals surface area contributed by atoms with Crippen molar-refractivity contribution in [3.05, 3.63) is 23.8 Å². The Morgan fingerprint density at radius 1 is 1.38 bits per heavy atom. The second kappa shape index (κ2) is 5.67. The van der Waals surface area contributed by atoms with E-state index in [1.165, 1.54) is 50.9 Å². The van der Waals surface area contributed by atoms with Crippen molar-refractivity contribution >= 4 is 0 Å². The summed E-state index contributed by atoms with van der Waals surface area (Å²) in [4.78, 5) is 2.65. The van der Waals surface area contributed by atoms with Gasteiger partial charge in [-0.25, -0.2) is 0 Å². The predicted molar refractivity (Wildman–Crippen MR) is 70.5 cm³/mol. The lowest BCUT2D eigenvalue weighted by molar-refractivity contribution is 0.156. The quantitative estimate of drug-likeness (QED) is 0.700. The highest BCUT2D eigenvalue weighted by Gasteiger charge is 2.22. The maximum atomic E-state index is 2.65. The molecule has 1 fully saturated rings. The first-order chi connectivity index (χ1) is 7.75. The van der Waals surface area contributed by atoms with Crippen LogP contribution in [-0.4, -0.2) is 24.5 Å². The summed E-state index contributed by atoms with van der Waals surface area (Å²) in [5, 5.41) is 0. The van der Waals surface area contributed by atoms with E-state index in [2.05, 4.69) is 37.0 Å². The summed E-state index contributed by atoms with van der Waals surface area (Å²) >= 11 is 0. The van der Waals surface area contributed by atoms with Crippen LogP contribution in [0, 0.1) is 11.8 Å². The van der Waals surface area contributed by atoms with E-state index >= 15 is 0 Å². The van der Waals surface area contributed by atoms with Gasteiger partial charge < -0.3 is 0 Å². The first kappa shape index (κ1) is 11.9. The fourth-order valence-electron chi connectivity index (χ4n) is 2.82. The summed E-state index contributed by atoms with van der Waals surface area (Å²) in [6, 6.07) is 0. The number of nitrogens with zero attached hydrogens (tertiary/aromatic N) is 1. The largest absolute Gasteiger partial charge is 0.299 e. The number of piperidine rings is 1. The number of allylic oxidation sites excluding steroid dienone is 2. The minimum Gasteiger partial charge on any atom is -0.299 e. The summed E-state index contributed by atoms with van der Waals surface area (Å²) in [7, 11) is 0. The van der Waals surface area contributed by atoms with Crippen molar-refractivity contribution in [2.24, 2.45) is 11.8 Å². The van der Waals surface area contributed by atoms with Crippen LogP contribution >= 0.6 is 0 Å². The number of hydrogen-bond donors (Lipinski definition) is 0. The SMILES string of the molecule is CC(C)C1CCCN(CC2=CCCC=C2)C1. The minimum atomic E-state index is 0.846. The standard InChI is InChI=1S/C15H25N/c1-13(2)15-9-6-10-16(12-15)11-14-7-4-3-5-8-14/h4,7-8,13,15H,3,5-6,9-12H2,1-2H3. The fourth-order valence-corrected chi connectivity index (χ4v) is 2.82. The Balaban J connectivity index is 1.85. The molecular weight excluding hydrogens is 194 g/mol. The molecule has 0 aromatic rings. The Morgan fingerprint density at radius 3 is 2.94 bits per heavy atom. The number of rotatable bonds is 3. The molecule has 0 N–H and O–H groups in total. The van der Waals surface area contributed by atoms with Crippen molar-refractivity contribution in [1.29, 1.82) is 0 Å². The van der Waals surface area contributed by atoms with E-state index < -0.39 is 0 Å². The van der Waals surface area contributed by atoms with E-state index in [0.717, 1.165) is 11.8 Å². The van der Waals surface area contributed by atoms with Gasteiger partial charge in [0.15, 0.2) is 0 Å². The first-order valence-corrected chi connectivity index (χ1v) is 6.83. The van der Waals surface area contributed by atoms with Gasteiger partial charge in [-0.15, -0.1) is 0 Å². The molecule has 1 saturated heterocycles. The molecule has 0 aromatic heterocycles. The van der Waals surface area contributed by atoms with Crippen LogP contribution in [0.25, 0.3) is 0 Å². The molecular formula is C15H25N. The molecule has 1 aliphatic carbocycles. The summed E-state index contributed by atoms with van der Waals surface area (Å²) < 4.78 is 0. The fraction of sp³-hybridized carbons (Fsp3) is 0.733. The third-order valence-corrected chi connectivity index (χ3v) is 3.96. The van der Waals surface area contributed by atoms with Gasteiger partial charge in [-0.05, 0) is 49.6 Å². The first-order valence-electron chi connectivity index (χ1n) is 6.83. The van der Waals surface area contributed by atoms with Crippen LogP contribution in [-0.2, 0) is 0 Å². The lowest BCUT2D eigenvalue weighted by Gasteiger charge is -2.35. The molecule has 0 amide bonds. The van der Waals surface area contributed by atoms with Crippen LogP contribution in [0.3, 0.4) is 0 Å². The van der Waals surface area contributed by atoms with E-state index in [0.29, 0.717) is 0 Å². The van der Waals surface area contributed by atoms with E-state index in [1.807, 2.05) is 0 Å². The van der Waals surface area contributed by atoms with Crippen molar-refractivity contribution in [1.82, 2.24) is 4.90 Å². The summed E-state index contributed by atoms with van der Waals surface area (Å²) in [5.41, 5.74) is 1.54. The van der Waals surface area contributed by atoms with Crippen molar-refractivity contribution in [3.63, 3.8) is 0 Å². The predicted octanol–water partition coefficient (Wildman–Crippen LogP) is 3.63. The molecule has 1 heterocycles. The number of hydrogen-bond acceptors (Lipinski definition) is 1. The van der Waals surface area contributed by atoms with Crippen molar-refractivity contribution in [2.45, 2.75) is 39.5 Å². The molecule has 16 heavy (non-hydrogen) atoms. The zero-order chi connectivity index (χ0) is 11.4. The normalized spacial score (nSPS) is 27.2. The Labute approximate surface area is 100 Å². The highest BCUT2D eigenvalue weighted by Crippen LogP contribution is 2.24. The molecule has 1 unspecified atom stereocenters. The van der Waals surface area contributed by atoms with Gasteiger partial charge in [-0.1, -0.05) is 32.1 Å². The monoisotopic (exact) mass is 219 g/mol. The third kappa shape index (κ3) is 3.21. The van der Waals surface area contributed by atoms with Gasteiger partial charge in [0.25, 0.3) is 0 Å². The smallest absolute Gasteiger partial charge is 0.0230 e. The topological polar surface area (TPSA) is 3.24 Å². The van der Waals surface area contributed by atoms with Gasteiger partial charge in [-0.2, -0.15) is 0 Å². The summed E-state index contributed by atoms with van der Waals surface area (Å²) in [5.74, 6) is 1.76. The molecule has 0 aromatic carbocycles. The Hall–Kier alpha value is -0.560. The molecule has 1 heteroatoms. The van der Waals surface area contributed by atoms with E-state index in [1.54, 1.807) is 0 Å². The van der Waals surface area contributed by atoms with Crippen LogP contribution in [0.4, 0.5) is 0 Å². The average Bonchev–Trinajstić information content (AvgIpc) is 2.30. The average molecular weight is 219 g/mol. The molecule has 0 radical (unpaired) electrons. The van der Waals surface area contributed by atoms with Crippen LogP contribution in [0.2, 0.25) is 0 Å². The van der Waals surface area contributed by atoms with E-state index in [9.17, 15) is 0 Å². The minimum absolute atomic E-state index is 0.846. The van der Waals surface area contributed by atoms with Gasteiger partial charge in [0.2, 0.25) is 0 Å². The number of likely N-dealkylation sites (tertiary alicyclic amines) is 1. The molecule has 0 saturated carbocycles. The van der Waals surface area contributed by atoms with Gasteiger partial charge in [0, 0.05) is 13.1 Å². The molecule has 0 spiro atoms. The lowest BCUT2D eigenvalue weighted by atomic mass is 9.87. The molecule has 2 rings (SSSR count). The van der Waals surface area contributed by atoms with Crippen LogP contribution < -0.4 is 0 Å². The molecule has 1 atom stereocenters. The maximum Gasteiger partial charge on any atom is 0.0230 e. The maximum absolute atomic E-state index is 2.65. The van der Waals surface area contributed by atoms with Crippen LogP contribution in [0.1, 0.15) is 39.5 Å². The molecule has 1 nitrogen and oxygen atoms in total. The van der Waals surface area contributed by atoms with Gasteiger partial charge >= 0.3 is 0 Å². The van der Waals surface area contributed by atoms with E-state index in [-0.39, 0.29) is 0 Å². The Morgan fingerprint density at radius 2 is 2.25 bits per heavy atom. The van der Waals surface area contributed by atoms with Gasteiger partial charge in [-0.3, -0.25) is 4.90 Å². The highest BCUT2D eigenvalue weighted by molar-refractivity contribution is 5.23. The van der Waals surface area contributed by atoms with E-state index in [4.69, 9.17) is 0 Å². The molecule has 2 aliphatic rings. The third-order valence-electron chi connectivity index (χ3n) is 3.96. The van der Waals surface area contributed by atoms with Gasteiger partial charge in [0.1, 0.15) is 0 Å². The zero-order valence-electron chi connectivity index (χ0n) is 10.8. The second-order valence-corrected chi connectivity index (χ2v) is 5.64. The van der Waals surface area contributed by atoms with Crippen LogP contribution in [0.15, 0.2) is 23.8 Å². The highest BCUT2D eigenvalue weighted by atomic mass is 15.1. The van der Waals surface area contributed by atoms with Crippen molar-refractivity contribution in [2.75, 3.05) is 19.6 Å². The second-order valence-electron chi connectivity index (χ2n) is 5.64. The molecule has 90 valence electrons. The van der Waals surface area contributed by atoms with Crippen LogP contribution in [0.5, 0.6) is 0 Å². The summed E-state index contributed by atoms with van der Waals surface area (Å²) in [6.45, 7) is 8.53. The lowest BCUT2D eigenvalue weighted by Crippen LogP contribution is -2.38. The van der Waals surface area contributed by atoms with Gasteiger partial charge in [0.05, 0.1) is 0 Å². The Bertz CT molecular complexity index is 275.